The van der Waals surface area contributed by atoms with E-state index in [1.807, 2.05) is 0 Å². The van der Waals surface area contributed by atoms with Crippen molar-refractivity contribution >= 4 is 27.1 Å². The van der Waals surface area contributed by atoms with Gasteiger partial charge < -0.3 is 10.6 Å². The minimum Gasteiger partial charge on any atom is -0.381 e. The second-order valence-electron chi connectivity index (χ2n) is 4.36. The van der Waals surface area contributed by atoms with Crippen LogP contribution in [-0.2, 0) is 0 Å². The van der Waals surface area contributed by atoms with Gasteiger partial charge in [-0.1, -0.05) is 0 Å². The molecule has 1 aliphatic rings. The Bertz CT molecular complexity index is 471. The average molecular weight is 232 g/mol. The molecule has 0 spiro atoms. The highest BCUT2D eigenvalue weighted by atomic mass is 32.1. The number of thiophene rings is 1. The topological polar surface area (TPSA) is 24.1 Å². The second kappa shape index (κ2) is 4.44. The number of fused-ring (bicyclic) bond motifs is 1. The molecule has 0 saturated carbocycles. The monoisotopic (exact) mass is 232 g/mol. The van der Waals surface area contributed by atoms with Gasteiger partial charge in [-0.05, 0) is 54.4 Å². The second-order valence-corrected chi connectivity index (χ2v) is 5.31. The van der Waals surface area contributed by atoms with E-state index in [0.717, 1.165) is 6.54 Å². The summed E-state index contributed by atoms with van der Waals surface area (Å²) in [7, 11) is 0. The Morgan fingerprint density at radius 3 is 3.19 bits per heavy atom. The standard InChI is InChI=1S/C13H16N2S/c1-2-12(9-14-6-1)15-11-3-4-13-10(8-11)5-7-16-13/h3-5,7-8,12,14-15H,1-2,6,9H2. The van der Waals surface area contributed by atoms with E-state index in [0.29, 0.717) is 6.04 Å². The molecule has 2 N–H and O–H groups in total. The lowest BCUT2D eigenvalue weighted by Crippen LogP contribution is -2.38. The molecule has 0 radical (unpaired) electrons. The molecule has 3 rings (SSSR count). The molecule has 1 unspecified atom stereocenters. The van der Waals surface area contributed by atoms with E-state index in [9.17, 15) is 0 Å². The van der Waals surface area contributed by atoms with Gasteiger partial charge in [0.05, 0.1) is 0 Å². The Balaban J connectivity index is 1.77. The molecule has 84 valence electrons. The summed E-state index contributed by atoms with van der Waals surface area (Å²) in [6, 6.07) is 9.42. The van der Waals surface area contributed by atoms with Crippen LogP contribution in [0.15, 0.2) is 29.6 Å². The molecule has 0 bridgehead atoms. The molecule has 2 nitrogen and oxygen atoms in total. The third kappa shape index (κ3) is 2.06. The predicted molar refractivity (Wildman–Crippen MR) is 71.3 cm³/mol. The lowest BCUT2D eigenvalue weighted by molar-refractivity contribution is 0.480. The number of piperidine rings is 1. The van der Waals surface area contributed by atoms with Crippen LogP contribution in [0.3, 0.4) is 0 Å². The minimum atomic E-state index is 0.588. The van der Waals surface area contributed by atoms with Crippen LogP contribution >= 0.6 is 11.3 Å². The van der Waals surface area contributed by atoms with Gasteiger partial charge >= 0.3 is 0 Å². The molecule has 0 amide bonds. The molecule has 3 heteroatoms. The SMILES string of the molecule is c1cc2cc(NC3CCCNC3)ccc2s1. The lowest BCUT2D eigenvalue weighted by Gasteiger charge is -2.24. The third-order valence-corrected chi connectivity index (χ3v) is 4.02. The smallest absolute Gasteiger partial charge is 0.0386 e. The molecule has 1 saturated heterocycles. The summed E-state index contributed by atoms with van der Waals surface area (Å²) in [5.74, 6) is 0. The van der Waals surface area contributed by atoms with E-state index in [2.05, 4.69) is 40.3 Å². The fourth-order valence-corrected chi connectivity index (χ4v) is 3.04. The molecule has 0 aliphatic carbocycles. The average Bonchev–Trinajstić information content (AvgIpc) is 2.77. The summed E-state index contributed by atoms with van der Waals surface area (Å²) in [6.45, 7) is 2.25. The number of benzene rings is 1. The predicted octanol–water partition coefficient (Wildman–Crippen LogP) is 3.07. The van der Waals surface area contributed by atoms with E-state index >= 15 is 0 Å². The van der Waals surface area contributed by atoms with E-state index in [1.165, 1.54) is 35.2 Å². The van der Waals surface area contributed by atoms with Gasteiger partial charge in [-0.15, -0.1) is 11.3 Å². The zero-order chi connectivity index (χ0) is 10.8. The highest BCUT2D eigenvalue weighted by Gasteiger charge is 2.12. The molecule has 16 heavy (non-hydrogen) atoms. The van der Waals surface area contributed by atoms with Crippen LogP contribution in [-0.4, -0.2) is 19.1 Å². The highest BCUT2D eigenvalue weighted by Crippen LogP contribution is 2.24. The number of nitrogens with one attached hydrogen (secondary N) is 2. The molecule has 1 fully saturated rings. The first-order valence-electron chi connectivity index (χ1n) is 5.86. The molecule has 2 aromatic rings. The summed E-state index contributed by atoms with van der Waals surface area (Å²) >= 11 is 1.80. The van der Waals surface area contributed by atoms with Crippen molar-refractivity contribution < 1.29 is 0 Å². The number of hydrogen-bond acceptors (Lipinski definition) is 3. The summed E-state index contributed by atoms with van der Waals surface area (Å²) in [4.78, 5) is 0. The Morgan fingerprint density at radius 1 is 1.31 bits per heavy atom. The van der Waals surface area contributed by atoms with Crippen molar-refractivity contribution in [1.82, 2.24) is 5.32 Å². The maximum absolute atomic E-state index is 3.60. The summed E-state index contributed by atoms with van der Waals surface area (Å²) < 4.78 is 1.37. The Hall–Kier alpha value is -1.06. The quantitative estimate of drug-likeness (QED) is 0.831. The first kappa shape index (κ1) is 10.1. The van der Waals surface area contributed by atoms with Gasteiger partial charge in [0.25, 0.3) is 0 Å². The maximum Gasteiger partial charge on any atom is 0.0386 e. The largest absolute Gasteiger partial charge is 0.381 e. The number of hydrogen-bond donors (Lipinski definition) is 2. The van der Waals surface area contributed by atoms with Gasteiger partial charge in [0, 0.05) is 23.0 Å². The van der Waals surface area contributed by atoms with Crippen molar-refractivity contribution in [3.8, 4) is 0 Å². The summed E-state index contributed by atoms with van der Waals surface area (Å²) in [6.07, 6.45) is 2.55. The van der Waals surface area contributed by atoms with Gasteiger partial charge in [0.1, 0.15) is 0 Å². The van der Waals surface area contributed by atoms with Gasteiger partial charge in [-0.2, -0.15) is 0 Å². The first-order valence-corrected chi connectivity index (χ1v) is 6.74. The molecule has 1 aliphatic heterocycles. The van der Waals surface area contributed by atoms with Crippen LogP contribution in [0.2, 0.25) is 0 Å². The third-order valence-electron chi connectivity index (χ3n) is 3.12. The molecule has 1 aromatic carbocycles. The van der Waals surface area contributed by atoms with Crippen LogP contribution in [0.1, 0.15) is 12.8 Å². The van der Waals surface area contributed by atoms with E-state index < -0.39 is 0 Å². The molecular weight excluding hydrogens is 216 g/mol. The van der Waals surface area contributed by atoms with Crippen LogP contribution in [0, 0.1) is 0 Å². The van der Waals surface area contributed by atoms with Crippen molar-refractivity contribution in [2.24, 2.45) is 0 Å². The minimum absolute atomic E-state index is 0.588. The van der Waals surface area contributed by atoms with Crippen LogP contribution < -0.4 is 10.6 Å². The molecular formula is C13H16N2S. The van der Waals surface area contributed by atoms with Crippen molar-refractivity contribution in [1.29, 1.82) is 0 Å². The van der Waals surface area contributed by atoms with Gasteiger partial charge in [-0.3, -0.25) is 0 Å². The van der Waals surface area contributed by atoms with Crippen molar-refractivity contribution in [2.75, 3.05) is 18.4 Å². The van der Waals surface area contributed by atoms with Gasteiger partial charge in [0.15, 0.2) is 0 Å². The van der Waals surface area contributed by atoms with Gasteiger partial charge in [-0.25, -0.2) is 0 Å². The van der Waals surface area contributed by atoms with E-state index in [-0.39, 0.29) is 0 Å². The summed E-state index contributed by atoms with van der Waals surface area (Å²) in [5.41, 5.74) is 1.25. The number of rotatable bonds is 2. The summed E-state index contributed by atoms with van der Waals surface area (Å²) in [5, 5.41) is 10.5. The first-order chi connectivity index (χ1) is 7.92. The Kier molecular flexibility index (Phi) is 2.80. The zero-order valence-corrected chi connectivity index (χ0v) is 10.0. The highest BCUT2D eigenvalue weighted by molar-refractivity contribution is 7.17. The van der Waals surface area contributed by atoms with Crippen LogP contribution in [0.4, 0.5) is 5.69 Å². The van der Waals surface area contributed by atoms with Crippen LogP contribution in [0.25, 0.3) is 10.1 Å². The van der Waals surface area contributed by atoms with Crippen molar-refractivity contribution in [2.45, 2.75) is 18.9 Å². The molecule has 1 aromatic heterocycles. The van der Waals surface area contributed by atoms with E-state index in [4.69, 9.17) is 0 Å². The van der Waals surface area contributed by atoms with E-state index in [1.54, 1.807) is 11.3 Å². The fraction of sp³-hybridized carbons (Fsp3) is 0.385. The van der Waals surface area contributed by atoms with Crippen molar-refractivity contribution in [3.63, 3.8) is 0 Å². The Morgan fingerprint density at radius 2 is 2.31 bits per heavy atom. The van der Waals surface area contributed by atoms with Crippen LogP contribution in [0.5, 0.6) is 0 Å². The zero-order valence-electron chi connectivity index (χ0n) is 9.20. The normalized spacial score (nSPS) is 21.1. The molecule has 2 heterocycles. The molecule has 1 atom stereocenters. The Labute approximate surface area is 99.7 Å². The lowest BCUT2D eigenvalue weighted by atomic mass is 10.1. The number of anilines is 1. The van der Waals surface area contributed by atoms with Crippen molar-refractivity contribution in [3.05, 3.63) is 29.6 Å². The fourth-order valence-electron chi connectivity index (χ4n) is 2.27. The van der Waals surface area contributed by atoms with Gasteiger partial charge in [0.2, 0.25) is 0 Å². The maximum atomic E-state index is 3.60.